The Morgan fingerprint density at radius 3 is 1.89 bits per heavy atom. The molecule has 0 aliphatic rings. The van der Waals surface area contributed by atoms with E-state index in [0.29, 0.717) is 0 Å². The molecule has 0 amide bonds. The van der Waals surface area contributed by atoms with Gasteiger partial charge in [0.1, 0.15) is 5.09 Å². The van der Waals surface area contributed by atoms with Crippen molar-refractivity contribution >= 4 is 9.82 Å². The van der Waals surface area contributed by atoms with E-state index in [-0.39, 0.29) is 0 Å². The van der Waals surface area contributed by atoms with Crippen LogP contribution in [0.2, 0.25) is 0 Å². The molecule has 19 heavy (non-hydrogen) atoms. The molecule has 0 heterocycles. The van der Waals surface area contributed by atoms with Crippen LogP contribution >= 0.6 is 0 Å². The highest BCUT2D eigenvalue weighted by Crippen LogP contribution is 2.25. The van der Waals surface area contributed by atoms with Crippen molar-refractivity contribution in [1.29, 1.82) is 0 Å². The van der Waals surface area contributed by atoms with Gasteiger partial charge >= 0.3 is 0 Å². The molecule has 0 saturated carbocycles. The first kappa shape index (κ1) is 18.7. The standard InChI is InChI=1S/C16H35NOS/c1-6-10-13-17-19(14-11-7-2,15-12-8-3)16(5)18-9-4/h19H,5-15H2,1-4H3. The summed E-state index contributed by atoms with van der Waals surface area (Å²) in [6.07, 6.45) is 7.37. The van der Waals surface area contributed by atoms with Crippen LogP contribution in [0.25, 0.3) is 0 Å². The van der Waals surface area contributed by atoms with Gasteiger partial charge in [0.2, 0.25) is 0 Å². The number of thiol groups is 1. The number of ether oxygens (including phenoxy) is 1. The summed E-state index contributed by atoms with van der Waals surface area (Å²) in [6.45, 7) is 14.7. The van der Waals surface area contributed by atoms with Gasteiger partial charge in [-0.05, 0) is 37.7 Å². The molecule has 0 rings (SSSR count). The minimum atomic E-state index is -1.46. The van der Waals surface area contributed by atoms with E-state index in [0.717, 1.165) is 18.2 Å². The molecule has 2 nitrogen and oxygen atoms in total. The Labute approximate surface area is 122 Å². The topological polar surface area (TPSA) is 21.6 Å². The Morgan fingerprint density at radius 1 is 0.947 bits per heavy atom. The van der Waals surface area contributed by atoms with E-state index < -0.39 is 9.82 Å². The molecule has 3 heteroatoms. The molecular weight excluding hydrogens is 254 g/mol. The van der Waals surface area contributed by atoms with E-state index in [1.807, 2.05) is 6.92 Å². The molecule has 0 N–H and O–H groups in total. The second kappa shape index (κ2) is 11.5. The maximum atomic E-state index is 5.79. The molecule has 0 unspecified atom stereocenters. The Kier molecular flexibility index (Phi) is 11.3. The van der Waals surface area contributed by atoms with Crippen LogP contribution < -0.4 is 0 Å². The molecule has 0 bridgehead atoms. The lowest BCUT2D eigenvalue weighted by Crippen LogP contribution is -2.25. The monoisotopic (exact) mass is 289 g/mol. The SMILES string of the molecule is C=C(OCC)[SH](CCCC)(CCCC)=NCCCC. The third kappa shape index (κ3) is 7.14. The first-order valence-electron chi connectivity index (χ1n) is 8.05. The Hall–Kier alpha value is -0.310. The summed E-state index contributed by atoms with van der Waals surface area (Å²) in [5.41, 5.74) is 0. The number of nitrogens with zero attached hydrogens (tertiary/aromatic N) is 1. The molecule has 0 atom stereocenters. The Morgan fingerprint density at radius 2 is 1.47 bits per heavy atom. The highest BCUT2D eigenvalue weighted by molar-refractivity contribution is 8.08. The van der Waals surface area contributed by atoms with Crippen LogP contribution in [0.5, 0.6) is 0 Å². The van der Waals surface area contributed by atoms with Crippen molar-refractivity contribution in [1.82, 2.24) is 0 Å². The fourth-order valence-electron chi connectivity index (χ4n) is 2.13. The van der Waals surface area contributed by atoms with Gasteiger partial charge in [-0.3, -0.25) is 4.36 Å². The second-order valence-corrected chi connectivity index (χ2v) is 8.64. The summed E-state index contributed by atoms with van der Waals surface area (Å²) in [5, 5.41) is 1.01. The summed E-state index contributed by atoms with van der Waals surface area (Å²) in [5.74, 6) is 2.40. The average molecular weight is 290 g/mol. The van der Waals surface area contributed by atoms with Gasteiger partial charge in [0.25, 0.3) is 0 Å². The second-order valence-electron chi connectivity index (χ2n) is 5.12. The van der Waals surface area contributed by atoms with Crippen LogP contribution in [-0.2, 0) is 14.6 Å². The summed E-state index contributed by atoms with van der Waals surface area (Å²) >= 11 is 0. The summed E-state index contributed by atoms with van der Waals surface area (Å²) in [7, 11) is -1.46. The van der Waals surface area contributed by atoms with Crippen molar-refractivity contribution in [3.8, 4) is 0 Å². The van der Waals surface area contributed by atoms with E-state index in [9.17, 15) is 0 Å². The first-order chi connectivity index (χ1) is 9.16. The number of unbranched alkanes of at least 4 members (excludes halogenated alkanes) is 3. The third-order valence-corrected chi connectivity index (χ3v) is 7.33. The highest BCUT2D eigenvalue weighted by atomic mass is 32.2. The summed E-state index contributed by atoms with van der Waals surface area (Å²) in [6, 6.07) is 0. The van der Waals surface area contributed by atoms with E-state index in [1.54, 1.807) is 0 Å². The van der Waals surface area contributed by atoms with Crippen LogP contribution in [0.1, 0.15) is 66.2 Å². The zero-order chi connectivity index (χ0) is 14.6. The minimum absolute atomic E-state index is 0.724. The van der Waals surface area contributed by atoms with Crippen LogP contribution in [0.15, 0.2) is 16.0 Å². The molecule has 0 spiro atoms. The molecule has 0 radical (unpaired) electrons. The Balaban J connectivity index is 5.05. The van der Waals surface area contributed by atoms with Crippen LogP contribution in [0.4, 0.5) is 0 Å². The van der Waals surface area contributed by atoms with Crippen LogP contribution in [-0.4, -0.2) is 24.7 Å². The van der Waals surface area contributed by atoms with Gasteiger partial charge in [-0.15, -0.1) is 9.82 Å². The van der Waals surface area contributed by atoms with E-state index in [1.165, 1.54) is 50.0 Å². The van der Waals surface area contributed by atoms with Gasteiger partial charge in [-0.2, -0.15) is 0 Å². The maximum absolute atomic E-state index is 5.79. The zero-order valence-corrected chi connectivity index (χ0v) is 14.5. The molecule has 0 aliphatic carbocycles. The fraction of sp³-hybridized carbons (Fsp3) is 0.875. The van der Waals surface area contributed by atoms with Crippen molar-refractivity contribution in [2.75, 3.05) is 24.7 Å². The van der Waals surface area contributed by atoms with Gasteiger partial charge < -0.3 is 4.74 Å². The van der Waals surface area contributed by atoms with Crippen LogP contribution in [0, 0.1) is 0 Å². The van der Waals surface area contributed by atoms with Crippen molar-refractivity contribution in [2.45, 2.75) is 66.2 Å². The van der Waals surface area contributed by atoms with Crippen molar-refractivity contribution in [3.05, 3.63) is 11.7 Å². The predicted octanol–water partition coefficient (Wildman–Crippen LogP) is 4.96. The molecule has 0 aromatic rings. The van der Waals surface area contributed by atoms with Gasteiger partial charge in [0.15, 0.2) is 0 Å². The quantitative estimate of drug-likeness (QED) is 0.306. The highest BCUT2D eigenvalue weighted by Gasteiger charge is 2.18. The molecule has 0 saturated heterocycles. The molecule has 0 aromatic carbocycles. The normalized spacial score (nSPS) is 12.2. The summed E-state index contributed by atoms with van der Waals surface area (Å²) in [4.78, 5) is 0. The van der Waals surface area contributed by atoms with Crippen LogP contribution in [0.3, 0.4) is 0 Å². The lowest BCUT2D eigenvalue weighted by molar-refractivity contribution is 0.257. The average Bonchev–Trinajstić information content (AvgIpc) is 2.42. The lowest BCUT2D eigenvalue weighted by atomic mass is 10.3. The number of hydrogen-bond acceptors (Lipinski definition) is 2. The molecular formula is C16H35NOS. The van der Waals surface area contributed by atoms with Gasteiger partial charge in [0.05, 0.1) is 6.61 Å². The number of hydrogen-bond donors (Lipinski definition) is 1. The van der Waals surface area contributed by atoms with Crippen molar-refractivity contribution in [3.63, 3.8) is 0 Å². The smallest absolute Gasteiger partial charge is 0.136 e. The van der Waals surface area contributed by atoms with Gasteiger partial charge in [-0.1, -0.05) is 46.6 Å². The number of rotatable bonds is 12. The fourth-order valence-corrected chi connectivity index (χ4v) is 5.86. The van der Waals surface area contributed by atoms with Gasteiger partial charge in [0, 0.05) is 6.54 Å². The lowest BCUT2D eigenvalue weighted by Gasteiger charge is -2.32. The summed E-state index contributed by atoms with van der Waals surface area (Å²) < 4.78 is 10.9. The molecule has 0 aromatic heterocycles. The largest absolute Gasteiger partial charge is 0.489 e. The van der Waals surface area contributed by atoms with E-state index >= 15 is 0 Å². The van der Waals surface area contributed by atoms with E-state index in [4.69, 9.17) is 9.10 Å². The molecule has 116 valence electrons. The van der Waals surface area contributed by atoms with Crippen molar-refractivity contribution in [2.24, 2.45) is 4.36 Å². The molecule has 0 fully saturated rings. The maximum Gasteiger partial charge on any atom is 0.136 e. The zero-order valence-electron chi connectivity index (χ0n) is 13.6. The minimum Gasteiger partial charge on any atom is -0.489 e. The third-order valence-electron chi connectivity index (χ3n) is 3.42. The first-order valence-corrected chi connectivity index (χ1v) is 10.2. The van der Waals surface area contributed by atoms with Gasteiger partial charge in [-0.25, -0.2) is 0 Å². The predicted molar refractivity (Wildman–Crippen MR) is 91.3 cm³/mol. The molecule has 0 aliphatic heterocycles. The van der Waals surface area contributed by atoms with Crippen molar-refractivity contribution < 1.29 is 4.74 Å². The van der Waals surface area contributed by atoms with E-state index in [2.05, 4.69) is 27.4 Å². The Bertz CT molecular complexity index is 274.